The molecule has 3 nitrogen and oxygen atoms in total. The van der Waals surface area contributed by atoms with Crippen LogP contribution in [0.15, 0.2) is 36.4 Å². The van der Waals surface area contributed by atoms with Crippen LogP contribution in [-0.2, 0) is 12.8 Å². The number of nitrogens with zero attached hydrogens (tertiary/aromatic N) is 1. The number of phenols is 1. The number of pyridine rings is 1. The normalized spacial score (nSPS) is 18.4. The van der Waals surface area contributed by atoms with Crippen molar-refractivity contribution in [2.45, 2.75) is 25.3 Å². The van der Waals surface area contributed by atoms with Gasteiger partial charge in [-0.05, 0) is 43.0 Å². The van der Waals surface area contributed by atoms with Gasteiger partial charge in [0, 0.05) is 17.3 Å². The van der Waals surface area contributed by atoms with Crippen LogP contribution < -0.4 is 5.73 Å². The first-order chi connectivity index (χ1) is 8.72. The van der Waals surface area contributed by atoms with E-state index in [0.29, 0.717) is 0 Å². The molecule has 0 radical (unpaired) electrons. The van der Waals surface area contributed by atoms with Crippen LogP contribution in [0.1, 0.15) is 17.7 Å². The van der Waals surface area contributed by atoms with E-state index in [0.717, 1.165) is 36.2 Å². The van der Waals surface area contributed by atoms with Crippen LogP contribution in [-0.4, -0.2) is 16.1 Å². The molecule has 1 heterocycles. The molecule has 0 saturated heterocycles. The van der Waals surface area contributed by atoms with Gasteiger partial charge in [-0.1, -0.05) is 18.2 Å². The Morgan fingerprint density at radius 2 is 2.11 bits per heavy atom. The molecule has 0 aliphatic heterocycles. The average Bonchev–Trinajstić information content (AvgIpc) is 2.38. The number of phenolic OH excluding ortho intramolecular Hbond substituents is 1. The first-order valence-electron chi connectivity index (χ1n) is 6.26. The Balaban J connectivity index is 2.00. The molecule has 1 aromatic heterocycles. The predicted octanol–water partition coefficient (Wildman–Crippen LogP) is 2.27. The molecule has 0 fully saturated rings. The van der Waals surface area contributed by atoms with E-state index in [9.17, 15) is 5.11 Å². The van der Waals surface area contributed by atoms with E-state index in [-0.39, 0.29) is 11.8 Å². The van der Waals surface area contributed by atoms with Crippen molar-refractivity contribution < 1.29 is 5.11 Å². The molecule has 3 heteroatoms. The summed E-state index contributed by atoms with van der Waals surface area (Å²) in [6, 6.07) is 11.6. The lowest BCUT2D eigenvalue weighted by Gasteiger charge is -2.21. The van der Waals surface area contributed by atoms with Gasteiger partial charge in [0.2, 0.25) is 0 Å². The van der Waals surface area contributed by atoms with Gasteiger partial charge < -0.3 is 10.8 Å². The summed E-state index contributed by atoms with van der Waals surface area (Å²) in [5.74, 6) is 0.272. The van der Waals surface area contributed by atoms with E-state index >= 15 is 0 Å². The molecule has 0 saturated carbocycles. The summed E-state index contributed by atoms with van der Waals surface area (Å²) in [5.41, 5.74) is 10.2. The Bertz CT molecular complexity index is 580. The first kappa shape index (κ1) is 11.2. The van der Waals surface area contributed by atoms with Crippen molar-refractivity contribution in [2.75, 3.05) is 0 Å². The largest absolute Gasteiger partial charge is 0.508 e. The summed E-state index contributed by atoms with van der Waals surface area (Å²) in [7, 11) is 0. The van der Waals surface area contributed by atoms with Crippen molar-refractivity contribution in [3.05, 3.63) is 47.7 Å². The maximum Gasteiger partial charge on any atom is 0.116 e. The topological polar surface area (TPSA) is 59.1 Å². The SMILES string of the molecule is NC1CCc2nc(-c3cccc(O)c3)ccc2C1. The van der Waals surface area contributed by atoms with Gasteiger partial charge in [0.25, 0.3) is 0 Å². The molecule has 0 spiro atoms. The minimum Gasteiger partial charge on any atom is -0.508 e. The molecule has 1 unspecified atom stereocenters. The Labute approximate surface area is 106 Å². The summed E-state index contributed by atoms with van der Waals surface area (Å²) in [6.07, 6.45) is 2.87. The summed E-state index contributed by atoms with van der Waals surface area (Å²) < 4.78 is 0. The number of rotatable bonds is 1. The van der Waals surface area contributed by atoms with Gasteiger partial charge >= 0.3 is 0 Å². The average molecular weight is 240 g/mol. The second-order valence-corrected chi connectivity index (χ2v) is 4.86. The van der Waals surface area contributed by atoms with Crippen LogP contribution in [0.25, 0.3) is 11.3 Å². The third kappa shape index (κ3) is 2.09. The number of aromatic nitrogens is 1. The first-order valence-corrected chi connectivity index (χ1v) is 6.26. The van der Waals surface area contributed by atoms with Crippen molar-refractivity contribution >= 4 is 0 Å². The van der Waals surface area contributed by atoms with Crippen LogP contribution in [0.4, 0.5) is 0 Å². The van der Waals surface area contributed by atoms with Gasteiger partial charge in [-0.2, -0.15) is 0 Å². The smallest absolute Gasteiger partial charge is 0.116 e. The van der Waals surface area contributed by atoms with E-state index < -0.39 is 0 Å². The van der Waals surface area contributed by atoms with E-state index in [2.05, 4.69) is 6.07 Å². The van der Waals surface area contributed by atoms with Crippen molar-refractivity contribution in [2.24, 2.45) is 5.73 Å². The Kier molecular flexibility index (Phi) is 2.76. The molecule has 0 amide bonds. The van der Waals surface area contributed by atoms with E-state index in [4.69, 9.17) is 10.7 Å². The number of fused-ring (bicyclic) bond motifs is 1. The maximum absolute atomic E-state index is 9.50. The molecular weight excluding hydrogens is 224 g/mol. The zero-order chi connectivity index (χ0) is 12.5. The zero-order valence-corrected chi connectivity index (χ0v) is 10.1. The van der Waals surface area contributed by atoms with Crippen LogP contribution in [0.3, 0.4) is 0 Å². The van der Waals surface area contributed by atoms with E-state index in [1.54, 1.807) is 12.1 Å². The molecular formula is C15H16N2O. The van der Waals surface area contributed by atoms with Crippen molar-refractivity contribution in [1.82, 2.24) is 4.98 Å². The number of hydrogen-bond donors (Lipinski definition) is 2. The van der Waals surface area contributed by atoms with Crippen molar-refractivity contribution in [3.8, 4) is 17.0 Å². The van der Waals surface area contributed by atoms with Crippen molar-refractivity contribution in [1.29, 1.82) is 0 Å². The third-order valence-electron chi connectivity index (χ3n) is 3.44. The van der Waals surface area contributed by atoms with E-state index in [1.807, 2.05) is 18.2 Å². The van der Waals surface area contributed by atoms with E-state index in [1.165, 1.54) is 5.56 Å². The summed E-state index contributed by atoms with van der Waals surface area (Å²) >= 11 is 0. The molecule has 92 valence electrons. The Morgan fingerprint density at radius 3 is 2.94 bits per heavy atom. The lowest BCUT2D eigenvalue weighted by Crippen LogP contribution is -2.28. The van der Waals surface area contributed by atoms with Crippen LogP contribution in [0.5, 0.6) is 5.75 Å². The molecule has 18 heavy (non-hydrogen) atoms. The molecule has 3 rings (SSSR count). The summed E-state index contributed by atoms with van der Waals surface area (Å²) in [6.45, 7) is 0. The van der Waals surface area contributed by atoms with Crippen LogP contribution in [0, 0.1) is 0 Å². The second kappa shape index (κ2) is 4.42. The number of aromatic hydroxyl groups is 1. The monoisotopic (exact) mass is 240 g/mol. The van der Waals surface area contributed by atoms with Gasteiger partial charge in [0.05, 0.1) is 5.69 Å². The highest BCUT2D eigenvalue weighted by Crippen LogP contribution is 2.25. The van der Waals surface area contributed by atoms with Gasteiger partial charge in [-0.3, -0.25) is 4.98 Å². The predicted molar refractivity (Wildman–Crippen MR) is 71.3 cm³/mol. The Hall–Kier alpha value is -1.87. The third-order valence-corrected chi connectivity index (χ3v) is 3.44. The molecule has 2 aromatic rings. The van der Waals surface area contributed by atoms with Crippen molar-refractivity contribution in [3.63, 3.8) is 0 Å². The minimum absolute atomic E-state index is 0.269. The highest BCUT2D eigenvalue weighted by molar-refractivity contribution is 5.61. The summed E-state index contributed by atoms with van der Waals surface area (Å²) in [4.78, 5) is 4.69. The fourth-order valence-electron chi connectivity index (χ4n) is 2.47. The van der Waals surface area contributed by atoms with Gasteiger partial charge in [0.15, 0.2) is 0 Å². The molecule has 1 aliphatic carbocycles. The number of benzene rings is 1. The zero-order valence-electron chi connectivity index (χ0n) is 10.1. The lowest BCUT2D eigenvalue weighted by atomic mass is 9.92. The number of hydrogen-bond acceptors (Lipinski definition) is 3. The van der Waals surface area contributed by atoms with Crippen LogP contribution >= 0.6 is 0 Å². The number of nitrogens with two attached hydrogens (primary N) is 1. The quantitative estimate of drug-likeness (QED) is 0.804. The highest BCUT2D eigenvalue weighted by Gasteiger charge is 2.17. The molecule has 1 aliphatic rings. The number of aryl methyl sites for hydroxylation is 1. The fraction of sp³-hybridized carbons (Fsp3) is 0.267. The van der Waals surface area contributed by atoms with Crippen LogP contribution in [0.2, 0.25) is 0 Å². The molecule has 1 aromatic carbocycles. The van der Waals surface area contributed by atoms with Gasteiger partial charge in [-0.15, -0.1) is 0 Å². The molecule has 1 atom stereocenters. The molecule has 3 N–H and O–H groups in total. The fourth-order valence-corrected chi connectivity index (χ4v) is 2.47. The highest BCUT2D eigenvalue weighted by atomic mass is 16.3. The van der Waals surface area contributed by atoms with Gasteiger partial charge in [0.1, 0.15) is 5.75 Å². The second-order valence-electron chi connectivity index (χ2n) is 4.86. The molecule has 0 bridgehead atoms. The lowest BCUT2D eigenvalue weighted by molar-refractivity contribution is 0.475. The standard InChI is InChI=1S/C15H16N2O/c16-12-5-7-15-11(8-12)4-6-14(17-15)10-2-1-3-13(18)9-10/h1-4,6,9,12,18H,5,7-8,16H2. The van der Waals surface area contributed by atoms with Gasteiger partial charge in [-0.25, -0.2) is 0 Å². The Morgan fingerprint density at radius 1 is 1.22 bits per heavy atom. The summed E-state index contributed by atoms with van der Waals surface area (Å²) in [5, 5.41) is 9.50. The minimum atomic E-state index is 0.269. The maximum atomic E-state index is 9.50.